The predicted molar refractivity (Wildman–Crippen MR) is 68.2 cm³/mol. The van der Waals surface area contributed by atoms with Gasteiger partial charge in [-0.25, -0.2) is 0 Å². The van der Waals surface area contributed by atoms with Gasteiger partial charge in [-0.1, -0.05) is 0 Å². The summed E-state index contributed by atoms with van der Waals surface area (Å²) >= 11 is 0. The minimum atomic E-state index is 0.0252. The maximum atomic E-state index is 6.11. The molecule has 1 atom stereocenters. The van der Waals surface area contributed by atoms with Crippen molar-refractivity contribution in [1.29, 1.82) is 0 Å². The van der Waals surface area contributed by atoms with Gasteiger partial charge in [-0.15, -0.1) is 12.3 Å². The largest absolute Gasteiger partial charge is 0.376 e. The second-order valence-corrected chi connectivity index (χ2v) is 6.40. The third-order valence-corrected chi connectivity index (χ3v) is 5.02. The summed E-state index contributed by atoms with van der Waals surface area (Å²) in [6.07, 6.45) is 13.5. The lowest BCUT2D eigenvalue weighted by molar-refractivity contribution is -0.128. The summed E-state index contributed by atoms with van der Waals surface area (Å²) in [5.41, 5.74) is 5.92. The third kappa shape index (κ3) is 2.23. The van der Waals surface area contributed by atoms with E-state index < -0.39 is 0 Å². The van der Waals surface area contributed by atoms with Gasteiger partial charge in [0.15, 0.2) is 0 Å². The minimum absolute atomic E-state index is 0.0252. The average molecular weight is 233 g/mol. The lowest BCUT2D eigenvalue weighted by Crippen LogP contribution is -2.50. The van der Waals surface area contributed by atoms with Gasteiger partial charge in [0, 0.05) is 12.5 Å². The van der Waals surface area contributed by atoms with Crippen LogP contribution in [0.3, 0.4) is 0 Å². The molecular formula is C15H23NO. The van der Waals surface area contributed by atoms with Crippen LogP contribution in [0.15, 0.2) is 0 Å². The summed E-state index contributed by atoms with van der Waals surface area (Å²) in [4.78, 5) is 0. The fraction of sp³-hybridized carbons (Fsp3) is 0.867. The van der Waals surface area contributed by atoms with E-state index in [1.54, 1.807) is 0 Å². The quantitative estimate of drug-likeness (QED) is 0.755. The summed E-state index contributed by atoms with van der Waals surface area (Å²) in [6.45, 7) is 0.650. The first-order valence-electron chi connectivity index (χ1n) is 7.07. The van der Waals surface area contributed by atoms with E-state index in [4.69, 9.17) is 16.9 Å². The first-order valence-corrected chi connectivity index (χ1v) is 7.07. The molecule has 0 heterocycles. The van der Waals surface area contributed by atoms with Crippen LogP contribution in [0.1, 0.15) is 38.5 Å². The summed E-state index contributed by atoms with van der Waals surface area (Å²) < 4.78 is 6.11. The summed E-state index contributed by atoms with van der Waals surface area (Å²) in [7, 11) is 0. The van der Waals surface area contributed by atoms with Gasteiger partial charge in [0.25, 0.3) is 0 Å². The smallest absolute Gasteiger partial charge is 0.0632 e. The summed E-state index contributed by atoms with van der Waals surface area (Å²) in [5.74, 6) is 6.28. The Labute approximate surface area is 104 Å². The lowest BCUT2D eigenvalue weighted by atomic mass is 9.55. The van der Waals surface area contributed by atoms with E-state index >= 15 is 0 Å². The zero-order chi connectivity index (χ0) is 11.8. The molecule has 0 spiro atoms. The molecule has 4 rings (SSSR count). The molecule has 4 bridgehead atoms. The summed E-state index contributed by atoms with van der Waals surface area (Å²) in [5, 5.41) is 0. The van der Waals surface area contributed by atoms with Crippen molar-refractivity contribution in [1.82, 2.24) is 0 Å². The van der Waals surface area contributed by atoms with E-state index in [0.29, 0.717) is 19.1 Å². The molecule has 0 aromatic heterocycles. The molecule has 0 aliphatic heterocycles. The monoisotopic (exact) mass is 233 g/mol. The molecule has 17 heavy (non-hydrogen) atoms. The molecule has 2 N–H and O–H groups in total. The number of hydrogen-bond donors (Lipinski definition) is 1. The second kappa shape index (κ2) is 4.63. The Morgan fingerprint density at radius 2 is 1.71 bits per heavy atom. The fourth-order valence-corrected chi connectivity index (χ4v) is 4.59. The Morgan fingerprint density at radius 3 is 2.24 bits per heavy atom. The SMILES string of the molecule is C#CCC(N)COC1C2CC3CC(C2)CC1C3. The highest BCUT2D eigenvalue weighted by Gasteiger charge is 2.48. The highest BCUT2D eigenvalue weighted by atomic mass is 16.5. The molecule has 0 radical (unpaired) electrons. The van der Waals surface area contributed by atoms with Crippen molar-refractivity contribution < 1.29 is 4.74 Å². The standard InChI is InChI=1S/C15H23NO/c1-2-3-14(16)9-17-15-12-5-10-4-11(7-12)8-13(15)6-10/h1,10-15H,3-9,16H2. The molecule has 0 amide bonds. The van der Waals surface area contributed by atoms with Crippen LogP contribution in [-0.2, 0) is 4.74 Å². The maximum Gasteiger partial charge on any atom is 0.0632 e. The molecule has 94 valence electrons. The van der Waals surface area contributed by atoms with Crippen molar-refractivity contribution >= 4 is 0 Å². The second-order valence-electron chi connectivity index (χ2n) is 6.40. The van der Waals surface area contributed by atoms with Crippen LogP contribution < -0.4 is 5.73 Å². The van der Waals surface area contributed by atoms with Crippen LogP contribution in [0, 0.1) is 36.0 Å². The van der Waals surface area contributed by atoms with Gasteiger partial charge >= 0.3 is 0 Å². The predicted octanol–water partition coefficient (Wildman–Crippen LogP) is 2.18. The van der Waals surface area contributed by atoms with E-state index in [9.17, 15) is 0 Å². The molecule has 4 aliphatic carbocycles. The maximum absolute atomic E-state index is 6.11. The van der Waals surface area contributed by atoms with E-state index in [1.165, 1.54) is 32.1 Å². The van der Waals surface area contributed by atoms with Crippen LogP contribution >= 0.6 is 0 Å². The molecule has 4 aliphatic rings. The molecule has 2 heteroatoms. The van der Waals surface area contributed by atoms with Crippen LogP contribution in [0.4, 0.5) is 0 Å². The van der Waals surface area contributed by atoms with Crippen LogP contribution in [0.25, 0.3) is 0 Å². The number of ether oxygens (including phenoxy) is 1. The van der Waals surface area contributed by atoms with Gasteiger partial charge in [-0.2, -0.15) is 0 Å². The van der Waals surface area contributed by atoms with Crippen molar-refractivity contribution in [3.8, 4) is 12.3 Å². The first kappa shape index (κ1) is 11.6. The molecule has 0 saturated heterocycles. The Bertz CT molecular complexity index is 291. The van der Waals surface area contributed by atoms with Gasteiger partial charge in [0.2, 0.25) is 0 Å². The Balaban J connectivity index is 1.56. The van der Waals surface area contributed by atoms with E-state index in [2.05, 4.69) is 5.92 Å². The molecular weight excluding hydrogens is 210 g/mol. The molecule has 1 unspecified atom stereocenters. The van der Waals surface area contributed by atoms with Crippen molar-refractivity contribution in [2.45, 2.75) is 50.7 Å². The number of terminal acetylenes is 1. The Hall–Kier alpha value is -0.520. The van der Waals surface area contributed by atoms with Crippen molar-refractivity contribution in [2.24, 2.45) is 29.4 Å². The lowest BCUT2D eigenvalue weighted by Gasteiger charge is -2.54. The number of rotatable bonds is 4. The average Bonchev–Trinajstić information content (AvgIpc) is 2.27. The molecule has 0 aromatic rings. The van der Waals surface area contributed by atoms with Crippen LogP contribution in [-0.4, -0.2) is 18.8 Å². The van der Waals surface area contributed by atoms with E-state index in [-0.39, 0.29) is 6.04 Å². The van der Waals surface area contributed by atoms with Crippen LogP contribution in [0.5, 0.6) is 0 Å². The normalized spacial score (nSPS) is 44.6. The Kier molecular flexibility index (Phi) is 3.15. The molecule has 0 aromatic carbocycles. The molecule has 4 fully saturated rings. The number of hydrogen-bond acceptors (Lipinski definition) is 2. The van der Waals surface area contributed by atoms with Crippen molar-refractivity contribution in [3.05, 3.63) is 0 Å². The zero-order valence-corrected chi connectivity index (χ0v) is 10.5. The fourth-order valence-electron chi connectivity index (χ4n) is 4.59. The first-order chi connectivity index (χ1) is 8.26. The molecule has 2 nitrogen and oxygen atoms in total. The van der Waals surface area contributed by atoms with E-state index in [0.717, 1.165) is 23.7 Å². The Morgan fingerprint density at radius 1 is 1.12 bits per heavy atom. The van der Waals surface area contributed by atoms with Gasteiger partial charge in [0.1, 0.15) is 0 Å². The number of nitrogens with two attached hydrogens (primary N) is 1. The highest BCUT2D eigenvalue weighted by Crippen LogP contribution is 2.54. The minimum Gasteiger partial charge on any atom is -0.376 e. The van der Waals surface area contributed by atoms with Gasteiger partial charge in [0.05, 0.1) is 12.7 Å². The van der Waals surface area contributed by atoms with Gasteiger partial charge < -0.3 is 10.5 Å². The van der Waals surface area contributed by atoms with Crippen molar-refractivity contribution in [3.63, 3.8) is 0 Å². The summed E-state index contributed by atoms with van der Waals surface area (Å²) in [6, 6.07) is 0.0252. The van der Waals surface area contributed by atoms with Gasteiger partial charge in [-0.05, 0) is 55.8 Å². The third-order valence-electron chi connectivity index (χ3n) is 5.02. The van der Waals surface area contributed by atoms with E-state index in [1.807, 2.05) is 0 Å². The molecule has 4 saturated carbocycles. The topological polar surface area (TPSA) is 35.2 Å². The van der Waals surface area contributed by atoms with Crippen molar-refractivity contribution in [2.75, 3.05) is 6.61 Å². The van der Waals surface area contributed by atoms with Crippen LogP contribution in [0.2, 0.25) is 0 Å². The highest BCUT2D eigenvalue weighted by molar-refractivity contribution is 4.99. The van der Waals surface area contributed by atoms with Gasteiger partial charge in [-0.3, -0.25) is 0 Å². The zero-order valence-electron chi connectivity index (χ0n) is 10.5.